The first-order valence-corrected chi connectivity index (χ1v) is 8.31. The van der Waals surface area contributed by atoms with Crippen LogP contribution in [0.25, 0.3) is 0 Å². The van der Waals surface area contributed by atoms with Gasteiger partial charge in [0, 0.05) is 0 Å². The smallest absolute Gasteiger partial charge is 0.287 e. The van der Waals surface area contributed by atoms with Crippen LogP contribution in [0.2, 0.25) is 0 Å². The maximum atomic E-state index is 12.1. The summed E-state index contributed by atoms with van der Waals surface area (Å²) in [5, 5.41) is 2.85. The van der Waals surface area contributed by atoms with Gasteiger partial charge in [-0.15, -0.1) is 0 Å². The fraction of sp³-hybridized carbons (Fsp3) is 0.267. The molecule has 1 aliphatic rings. The number of fused-ring (bicyclic) bond motifs is 1. The lowest BCUT2D eigenvalue weighted by molar-refractivity contribution is 0.0905. The zero-order chi connectivity index (χ0) is 15.0. The van der Waals surface area contributed by atoms with Gasteiger partial charge in [0.1, 0.15) is 5.76 Å². The summed E-state index contributed by atoms with van der Waals surface area (Å²) in [4.78, 5) is 12.4. The van der Waals surface area contributed by atoms with Crippen LogP contribution in [-0.4, -0.2) is 20.1 Å². The number of hydrogen-bond acceptors (Lipinski definition) is 4. The van der Waals surface area contributed by atoms with E-state index in [1.165, 1.54) is 0 Å². The van der Waals surface area contributed by atoms with Crippen LogP contribution >= 0.6 is 0 Å². The summed E-state index contributed by atoms with van der Waals surface area (Å²) in [6.45, 7) is 1.76. The first kappa shape index (κ1) is 13.9. The van der Waals surface area contributed by atoms with Crippen molar-refractivity contribution in [2.45, 2.75) is 24.3 Å². The monoisotopic (exact) mass is 305 g/mol. The van der Waals surface area contributed by atoms with Gasteiger partial charge >= 0.3 is 0 Å². The SMILES string of the molecule is Cc1ccc(C(=O)N[C@H]2CCS(=O)(=O)c3ccccc32)o1. The molecule has 0 aliphatic carbocycles. The second-order valence-electron chi connectivity index (χ2n) is 5.08. The number of carbonyl (C=O) groups is 1. The maximum absolute atomic E-state index is 12.1. The molecule has 0 fully saturated rings. The minimum absolute atomic E-state index is 0.0339. The van der Waals surface area contributed by atoms with E-state index in [4.69, 9.17) is 4.42 Å². The number of furan rings is 1. The Morgan fingerprint density at radius 3 is 2.71 bits per heavy atom. The quantitative estimate of drug-likeness (QED) is 0.923. The Balaban J connectivity index is 1.89. The topological polar surface area (TPSA) is 76.4 Å². The molecule has 0 unspecified atom stereocenters. The third-order valence-corrected chi connectivity index (χ3v) is 5.39. The van der Waals surface area contributed by atoms with Crippen LogP contribution in [0.5, 0.6) is 0 Å². The average Bonchev–Trinajstić information content (AvgIpc) is 2.89. The van der Waals surface area contributed by atoms with E-state index in [1.807, 2.05) is 0 Å². The second kappa shape index (κ2) is 5.04. The molecule has 110 valence electrons. The second-order valence-corrected chi connectivity index (χ2v) is 7.16. The van der Waals surface area contributed by atoms with E-state index in [-0.39, 0.29) is 23.5 Å². The van der Waals surface area contributed by atoms with Crippen molar-refractivity contribution < 1.29 is 17.6 Å². The number of aryl methyl sites for hydroxylation is 1. The van der Waals surface area contributed by atoms with E-state index in [0.29, 0.717) is 22.6 Å². The summed E-state index contributed by atoms with van der Waals surface area (Å²) < 4.78 is 29.4. The molecule has 2 aromatic rings. The van der Waals surface area contributed by atoms with Gasteiger partial charge in [-0.1, -0.05) is 18.2 Å². The molecule has 21 heavy (non-hydrogen) atoms. The van der Waals surface area contributed by atoms with Crippen molar-refractivity contribution in [2.24, 2.45) is 0 Å². The number of amides is 1. The Morgan fingerprint density at radius 1 is 1.24 bits per heavy atom. The van der Waals surface area contributed by atoms with Gasteiger partial charge in [0.25, 0.3) is 5.91 Å². The van der Waals surface area contributed by atoms with Crippen LogP contribution < -0.4 is 5.32 Å². The molecule has 1 aliphatic heterocycles. The van der Waals surface area contributed by atoms with Gasteiger partial charge in [0.2, 0.25) is 0 Å². The molecule has 0 bridgehead atoms. The lowest BCUT2D eigenvalue weighted by Gasteiger charge is -2.25. The number of rotatable bonds is 2. The van der Waals surface area contributed by atoms with E-state index in [2.05, 4.69) is 5.32 Å². The molecule has 5 nitrogen and oxygen atoms in total. The molecule has 0 radical (unpaired) electrons. The normalized spacial score (nSPS) is 19.8. The molecule has 1 aromatic heterocycles. The molecule has 1 N–H and O–H groups in total. The van der Waals surface area contributed by atoms with Gasteiger partial charge in [-0.3, -0.25) is 4.79 Å². The van der Waals surface area contributed by atoms with Crippen LogP contribution in [0, 0.1) is 6.92 Å². The van der Waals surface area contributed by atoms with Crippen LogP contribution in [0.4, 0.5) is 0 Å². The predicted octanol–water partition coefficient (Wildman–Crippen LogP) is 2.24. The van der Waals surface area contributed by atoms with E-state index in [0.717, 1.165) is 0 Å². The van der Waals surface area contributed by atoms with Gasteiger partial charge in [-0.25, -0.2) is 8.42 Å². The van der Waals surface area contributed by atoms with E-state index < -0.39 is 9.84 Å². The van der Waals surface area contributed by atoms with E-state index in [9.17, 15) is 13.2 Å². The number of sulfone groups is 1. The fourth-order valence-corrected chi connectivity index (χ4v) is 4.15. The van der Waals surface area contributed by atoms with Gasteiger partial charge < -0.3 is 9.73 Å². The number of benzene rings is 1. The molecule has 6 heteroatoms. The molecule has 3 rings (SSSR count). The molecule has 1 atom stereocenters. The highest BCUT2D eigenvalue weighted by Crippen LogP contribution is 2.32. The molecule has 0 spiro atoms. The van der Waals surface area contributed by atoms with Gasteiger partial charge in [-0.2, -0.15) is 0 Å². The van der Waals surface area contributed by atoms with Crippen molar-refractivity contribution in [1.82, 2.24) is 5.32 Å². The number of carbonyl (C=O) groups excluding carboxylic acids is 1. The van der Waals surface area contributed by atoms with Crippen LogP contribution in [0.15, 0.2) is 45.7 Å². The van der Waals surface area contributed by atoms with Crippen molar-refractivity contribution >= 4 is 15.7 Å². The molecule has 2 heterocycles. The van der Waals surface area contributed by atoms with Crippen molar-refractivity contribution in [3.63, 3.8) is 0 Å². The first-order valence-electron chi connectivity index (χ1n) is 6.66. The largest absolute Gasteiger partial charge is 0.456 e. The Hall–Kier alpha value is -2.08. The van der Waals surface area contributed by atoms with Crippen molar-refractivity contribution in [1.29, 1.82) is 0 Å². The molecule has 1 aromatic carbocycles. The van der Waals surface area contributed by atoms with E-state index in [1.54, 1.807) is 43.3 Å². The summed E-state index contributed by atoms with van der Waals surface area (Å²) >= 11 is 0. The lowest BCUT2D eigenvalue weighted by Crippen LogP contribution is -2.33. The third kappa shape index (κ3) is 2.58. The Labute approximate surface area is 122 Å². The molecule has 1 amide bonds. The Morgan fingerprint density at radius 2 is 2.00 bits per heavy atom. The van der Waals surface area contributed by atoms with E-state index >= 15 is 0 Å². The molecule has 0 saturated carbocycles. The standard InChI is InChI=1S/C15H15NO4S/c1-10-6-7-13(20-10)15(17)16-12-8-9-21(18,19)14-5-3-2-4-11(12)14/h2-7,12H,8-9H2,1H3,(H,16,17)/t12-/m0/s1. The zero-order valence-corrected chi connectivity index (χ0v) is 12.3. The van der Waals surface area contributed by atoms with Gasteiger partial charge in [-0.05, 0) is 37.1 Å². The number of hydrogen-bond donors (Lipinski definition) is 1. The Bertz CT molecular complexity index is 792. The van der Waals surface area contributed by atoms with Crippen LogP contribution in [-0.2, 0) is 9.84 Å². The van der Waals surface area contributed by atoms with Crippen LogP contribution in [0.3, 0.4) is 0 Å². The van der Waals surface area contributed by atoms with Gasteiger partial charge in [0.15, 0.2) is 15.6 Å². The highest BCUT2D eigenvalue weighted by atomic mass is 32.2. The molecular formula is C15H15NO4S. The number of nitrogens with one attached hydrogen (secondary N) is 1. The summed E-state index contributed by atoms with van der Waals surface area (Å²) in [6, 6.07) is 9.80. The molecule has 0 saturated heterocycles. The predicted molar refractivity (Wildman–Crippen MR) is 76.8 cm³/mol. The van der Waals surface area contributed by atoms with Crippen molar-refractivity contribution in [3.8, 4) is 0 Å². The van der Waals surface area contributed by atoms with Crippen molar-refractivity contribution in [2.75, 3.05) is 5.75 Å². The van der Waals surface area contributed by atoms with Crippen LogP contribution in [0.1, 0.15) is 34.3 Å². The highest BCUT2D eigenvalue weighted by Gasteiger charge is 2.31. The lowest BCUT2D eigenvalue weighted by atomic mass is 10.0. The summed E-state index contributed by atoms with van der Waals surface area (Å²) in [5.41, 5.74) is 0.639. The summed E-state index contributed by atoms with van der Waals surface area (Å²) in [7, 11) is -3.25. The average molecular weight is 305 g/mol. The zero-order valence-electron chi connectivity index (χ0n) is 11.5. The highest BCUT2D eigenvalue weighted by molar-refractivity contribution is 7.91. The van der Waals surface area contributed by atoms with Crippen molar-refractivity contribution in [3.05, 3.63) is 53.5 Å². The summed E-state index contributed by atoms with van der Waals surface area (Å²) in [5.74, 6) is 0.596. The summed E-state index contributed by atoms with van der Waals surface area (Å²) in [6.07, 6.45) is 0.366. The minimum atomic E-state index is -3.25. The Kier molecular flexibility index (Phi) is 3.33. The van der Waals surface area contributed by atoms with Gasteiger partial charge in [0.05, 0.1) is 16.7 Å². The third-order valence-electron chi connectivity index (χ3n) is 3.57. The maximum Gasteiger partial charge on any atom is 0.287 e. The fourth-order valence-electron chi connectivity index (χ4n) is 2.53. The minimum Gasteiger partial charge on any atom is -0.456 e. The first-order chi connectivity index (χ1) is 9.97. The molecular weight excluding hydrogens is 290 g/mol.